The maximum atomic E-state index is 12.7. The third kappa shape index (κ3) is 2.90. The van der Waals surface area contributed by atoms with Crippen LogP contribution in [0.1, 0.15) is 32.1 Å². The van der Waals surface area contributed by atoms with Gasteiger partial charge in [0, 0.05) is 32.3 Å². The topological polar surface area (TPSA) is 92.9 Å². The van der Waals surface area contributed by atoms with Crippen LogP contribution in [0.25, 0.3) is 0 Å². The van der Waals surface area contributed by atoms with Crippen LogP contribution in [0.4, 0.5) is 0 Å². The van der Waals surface area contributed by atoms with Gasteiger partial charge in [-0.05, 0) is 25.7 Å². The lowest BCUT2D eigenvalue weighted by Gasteiger charge is -2.39. The first-order valence-corrected chi connectivity index (χ1v) is 6.90. The normalized spacial score (nSPS) is 26.4. The summed E-state index contributed by atoms with van der Waals surface area (Å²) < 4.78 is 5.31. The molecule has 0 radical (unpaired) electrons. The zero-order valence-electron chi connectivity index (χ0n) is 11.1. The number of carbonyl (C=O) groups is 2. The molecule has 3 N–H and O–H groups in total. The quantitative estimate of drug-likeness (QED) is 0.761. The Balaban J connectivity index is 2.10. The van der Waals surface area contributed by atoms with Gasteiger partial charge < -0.3 is 20.5 Å². The van der Waals surface area contributed by atoms with E-state index in [-0.39, 0.29) is 18.4 Å². The van der Waals surface area contributed by atoms with Crippen LogP contribution in [-0.2, 0) is 14.3 Å². The standard InChI is InChI=1S/C13H22N2O4/c14-9-13(3-6-19-7-4-13)12(18)15-5-1-2-10(15)8-11(16)17/h10H,1-9,14H2,(H,16,17). The molecule has 2 fully saturated rings. The van der Waals surface area contributed by atoms with Crippen molar-refractivity contribution >= 4 is 11.9 Å². The number of amides is 1. The molecular formula is C13H22N2O4. The molecule has 0 aliphatic carbocycles. The molecular weight excluding hydrogens is 248 g/mol. The Kier molecular flexibility index (Phi) is 4.42. The molecule has 0 bridgehead atoms. The van der Waals surface area contributed by atoms with E-state index in [0.29, 0.717) is 39.1 Å². The molecule has 1 atom stereocenters. The number of carboxylic acid groups (broad SMARTS) is 1. The van der Waals surface area contributed by atoms with E-state index in [1.807, 2.05) is 0 Å². The van der Waals surface area contributed by atoms with Crippen molar-refractivity contribution in [1.82, 2.24) is 4.90 Å². The summed E-state index contributed by atoms with van der Waals surface area (Å²) in [6.45, 7) is 2.08. The average Bonchev–Trinajstić information content (AvgIpc) is 2.85. The number of nitrogens with zero attached hydrogens (tertiary/aromatic N) is 1. The van der Waals surface area contributed by atoms with Crippen molar-refractivity contribution in [1.29, 1.82) is 0 Å². The van der Waals surface area contributed by atoms with Crippen LogP contribution >= 0.6 is 0 Å². The Labute approximate surface area is 112 Å². The van der Waals surface area contributed by atoms with E-state index in [2.05, 4.69) is 0 Å². The number of aliphatic carboxylic acids is 1. The SMILES string of the molecule is NCC1(C(=O)N2CCCC2CC(=O)O)CCOCC1. The number of nitrogens with two attached hydrogens (primary N) is 1. The lowest BCUT2D eigenvalue weighted by atomic mass is 9.78. The summed E-state index contributed by atoms with van der Waals surface area (Å²) in [6, 6.07) is -0.170. The lowest BCUT2D eigenvalue weighted by Crippen LogP contribution is -2.52. The van der Waals surface area contributed by atoms with Gasteiger partial charge in [-0.15, -0.1) is 0 Å². The van der Waals surface area contributed by atoms with Crippen LogP contribution in [-0.4, -0.2) is 54.2 Å². The van der Waals surface area contributed by atoms with Crippen LogP contribution in [0, 0.1) is 5.41 Å². The minimum Gasteiger partial charge on any atom is -0.481 e. The van der Waals surface area contributed by atoms with Crippen LogP contribution in [0.3, 0.4) is 0 Å². The summed E-state index contributed by atoms with van der Waals surface area (Å²) >= 11 is 0. The number of ether oxygens (including phenoxy) is 1. The second-order valence-electron chi connectivity index (χ2n) is 5.49. The molecule has 0 aromatic rings. The Morgan fingerprint density at radius 3 is 2.63 bits per heavy atom. The van der Waals surface area contributed by atoms with Crippen molar-refractivity contribution in [2.24, 2.45) is 11.1 Å². The summed E-state index contributed by atoms with van der Waals surface area (Å²) in [4.78, 5) is 25.4. The summed E-state index contributed by atoms with van der Waals surface area (Å²) in [5.74, 6) is -0.819. The molecule has 108 valence electrons. The van der Waals surface area contributed by atoms with Crippen molar-refractivity contribution in [2.45, 2.75) is 38.1 Å². The van der Waals surface area contributed by atoms with Gasteiger partial charge in [0.25, 0.3) is 0 Å². The van der Waals surface area contributed by atoms with Crippen LogP contribution < -0.4 is 5.73 Å². The third-order valence-electron chi connectivity index (χ3n) is 4.34. The smallest absolute Gasteiger partial charge is 0.305 e. The predicted molar refractivity (Wildman–Crippen MR) is 68.5 cm³/mol. The fourth-order valence-corrected chi connectivity index (χ4v) is 3.09. The summed E-state index contributed by atoms with van der Waals surface area (Å²) in [5, 5.41) is 8.92. The van der Waals surface area contributed by atoms with E-state index < -0.39 is 11.4 Å². The third-order valence-corrected chi connectivity index (χ3v) is 4.34. The van der Waals surface area contributed by atoms with Crippen molar-refractivity contribution in [3.8, 4) is 0 Å². The van der Waals surface area contributed by atoms with Gasteiger partial charge in [0.15, 0.2) is 0 Å². The average molecular weight is 270 g/mol. The Morgan fingerprint density at radius 1 is 1.37 bits per heavy atom. The van der Waals surface area contributed by atoms with Gasteiger partial charge in [-0.3, -0.25) is 9.59 Å². The van der Waals surface area contributed by atoms with E-state index in [0.717, 1.165) is 12.8 Å². The van der Waals surface area contributed by atoms with Crippen molar-refractivity contribution < 1.29 is 19.4 Å². The Morgan fingerprint density at radius 2 is 2.05 bits per heavy atom. The molecule has 0 saturated carbocycles. The largest absolute Gasteiger partial charge is 0.481 e. The predicted octanol–water partition coefficient (Wildman–Crippen LogP) is 0.208. The molecule has 2 saturated heterocycles. The molecule has 1 amide bonds. The highest BCUT2D eigenvalue weighted by Gasteiger charge is 2.44. The summed E-state index contributed by atoms with van der Waals surface area (Å²) in [7, 11) is 0. The van der Waals surface area contributed by atoms with Gasteiger partial charge in [0.1, 0.15) is 0 Å². The molecule has 2 aliphatic heterocycles. The second-order valence-corrected chi connectivity index (χ2v) is 5.49. The number of hydrogen-bond acceptors (Lipinski definition) is 4. The highest BCUT2D eigenvalue weighted by Crippen LogP contribution is 2.34. The lowest BCUT2D eigenvalue weighted by molar-refractivity contribution is -0.149. The van der Waals surface area contributed by atoms with Gasteiger partial charge >= 0.3 is 5.97 Å². The molecule has 6 nitrogen and oxygen atoms in total. The second kappa shape index (κ2) is 5.88. The van der Waals surface area contributed by atoms with Gasteiger partial charge in [0.05, 0.1) is 11.8 Å². The Hall–Kier alpha value is -1.14. The summed E-state index contributed by atoms with van der Waals surface area (Å²) in [5.41, 5.74) is 5.29. The first-order valence-electron chi connectivity index (χ1n) is 6.90. The maximum Gasteiger partial charge on any atom is 0.305 e. The minimum absolute atomic E-state index is 0.0297. The van der Waals surface area contributed by atoms with Gasteiger partial charge in [-0.25, -0.2) is 0 Å². The molecule has 19 heavy (non-hydrogen) atoms. The fraction of sp³-hybridized carbons (Fsp3) is 0.846. The molecule has 0 spiro atoms. The number of hydrogen-bond donors (Lipinski definition) is 2. The van der Waals surface area contributed by atoms with Crippen LogP contribution in [0.2, 0.25) is 0 Å². The van der Waals surface area contributed by atoms with Crippen LogP contribution in [0.5, 0.6) is 0 Å². The molecule has 6 heteroatoms. The van der Waals surface area contributed by atoms with Gasteiger partial charge in [-0.2, -0.15) is 0 Å². The fourth-order valence-electron chi connectivity index (χ4n) is 3.09. The van der Waals surface area contributed by atoms with E-state index in [4.69, 9.17) is 15.6 Å². The van der Waals surface area contributed by atoms with Gasteiger partial charge in [0.2, 0.25) is 5.91 Å². The van der Waals surface area contributed by atoms with Gasteiger partial charge in [-0.1, -0.05) is 0 Å². The van der Waals surface area contributed by atoms with E-state index in [9.17, 15) is 9.59 Å². The number of likely N-dealkylation sites (tertiary alicyclic amines) is 1. The molecule has 2 rings (SSSR count). The molecule has 0 aromatic carbocycles. The first-order chi connectivity index (χ1) is 9.09. The van der Waals surface area contributed by atoms with Crippen molar-refractivity contribution in [3.05, 3.63) is 0 Å². The monoisotopic (exact) mass is 270 g/mol. The van der Waals surface area contributed by atoms with Crippen LogP contribution in [0.15, 0.2) is 0 Å². The van der Waals surface area contributed by atoms with Crippen molar-refractivity contribution in [3.63, 3.8) is 0 Å². The number of rotatable bonds is 4. The minimum atomic E-state index is -0.849. The zero-order valence-corrected chi connectivity index (χ0v) is 11.1. The molecule has 0 aromatic heterocycles. The highest BCUT2D eigenvalue weighted by molar-refractivity contribution is 5.84. The highest BCUT2D eigenvalue weighted by atomic mass is 16.5. The van der Waals surface area contributed by atoms with E-state index in [1.54, 1.807) is 4.90 Å². The van der Waals surface area contributed by atoms with Crippen molar-refractivity contribution in [2.75, 3.05) is 26.3 Å². The molecule has 2 heterocycles. The zero-order chi connectivity index (χ0) is 13.9. The Bertz CT molecular complexity index is 353. The molecule has 2 aliphatic rings. The molecule has 1 unspecified atom stereocenters. The number of carboxylic acids is 1. The maximum absolute atomic E-state index is 12.7. The number of carbonyl (C=O) groups excluding carboxylic acids is 1. The van der Waals surface area contributed by atoms with E-state index in [1.165, 1.54) is 0 Å². The van der Waals surface area contributed by atoms with E-state index >= 15 is 0 Å². The first kappa shape index (κ1) is 14.3. The summed E-state index contributed by atoms with van der Waals surface area (Å²) in [6.07, 6.45) is 2.95.